The van der Waals surface area contributed by atoms with Gasteiger partial charge in [0.1, 0.15) is 11.3 Å². The maximum absolute atomic E-state index is 13.3. The first-order chi connectivity index (χ1) is 17.8. The number of benzene rings is 2. The largest absolute Gasteiger partial charge is 0.507 e. The van der Waals surface area contributed by atoms with Crippen molar-refractivity contribution < 1.29 is 38.9 Å². The molecule has 0 aliphatic heterocycles. The summed E-state index contributed by atoms with van der Waals surface area (Å²) < 4.78 is 11.4. The fraction of sp³-hybridized carbons (Fsp3) is 0.483. The van der Waals surface area contributed by atoms with Crippen LogP contribution in [0.2, 0.25) is 0 Å². The highest BCUT2D eigenvalue weighted by molar-refractivity contribution is 7.25. The Morgan fingerprint density at radius 2 is 1.49 bits per heavy atom. The van der Waals surface area contributed by atoms with Crippen molar-refractivity contribution in [3.8, 4) is 5.75 Å². The summed E-state index contributed by atoms with van der Waals surface area (Å²) >= 11 is 0. The number of carbonyl (C=O) groups is 3. The van der Waals surface area contributed by atoms with E-state index >= 15 is 0 Å². The standard InChI is InChI=1S/C29H38NO8P/c1-16(2)28(8,26(34)38-37-25(33)27(5,6)7)30-24(32)22-15-19(10-11-23(22)31)14-21-17(3)12-20(13-18(21)4)29(9,35)39-36/h10-13,15-16,31,35H,14H2,1-9H3,(H,30,32). The summed E-state index contributed by atoms with van der Waals surface area (Å²) in [6.07, 6.45) is 0.419. The third-order valence-electron chi connectivity index (χ3n) is 6.86. The van der Waals surface area contributed by atoms with Gasteiger partial charge >= 0.3 is 11.9 Å². The average Bonchev–Trinajstić information content (AvgIpc) is 2.84. The Kier molecular flexibility index (Phi) is 9.69. The summed E-state index contributed by atoms with van der Waals surface area (Å²) in [4.78, 5) is 47.7. The molecule has 0 saturated heterocycles. The summed E-state index contributed by atoms with van der Waals surface area (Å²) in [6, 6.07) is 8.17. The molecule has 2 rings (SSSR count). The maximum Gasteiger partial charge on any atom is 0.380 e. The van der Waals surface area contributed by atoms with Crippen LogP contribution in [0.5, 0.6) is 5.75 Å². The van der Waals surface area contributed by atoms with Crippen LogP contribution in [0.15, 0.2) is 30.3 Å². The van der Waals surface area contributed by atoms with Crippen LogP contribution in [0.1, 0.15) is 86.6 Å². The molecule has 0 bridgehead atoms. The average molecular weight is 560 g/mol. The molecule has 2 aromatic carbocycles. The number of aryl methyl sites for hydroxylation is 2. The Bertz CT molecular complexity index is 1260. The van der Waals surface area contributed by atoms with Gasteiger partial charge < -0.3 is 15.5 Å². The Morgan fingerprint density at radius 1 is 0.949 bits per heavy atom. The molecule has 0 heterocycles. The lowest BCUT2D eigenvalue weighted by Crippen LogP contribution is -2.56. The summed E-state index contributed by atoms with van der Waals surface area (Å²) in [5, 5.41) is 22.0. The highest BCUT2D eigenvalue weighted by Gasteiger charge is 2.42. The first kappa shape index (κ1) is 31.9. The second-order valence-corrected chi connectivity index (χ2v) is 12.6. The van der Waals surface area contributed by atoms with E-state index < -0.39 is 48.5 Å². The van der Waals surface area contributed by atoms with Gasteiger partial charge in [-0.05, 0) is 101 Å². The number of hydrogen-bond acceptors (Lipinski definition) is 8. The minimum Gasteiger partial charge on any atom is -0.507 e. The molecular formula is C29H38NO8P. The topological polar surface area (TPSA) is 139 Å². The SMILES string of the molecule is Cc1cc(C(C)(O)P=O)cc(C)c1Cc1ccc(O)c(C(=O)NC(C)(C(=O)OOC(=O)C(C)(C)C)C(C)C)c1. The highest BCUT2D eigenvalue weighted by Crippen LogP contribution is 2.34. The van der Waals surface area contributed by atoms with E-state index in [0.29, 0.717) is 12.0 Å². The molecule has 0 saturated carbocycles. The molecule has 0 fully saturated rings. The van der Waals surface area contributed by atoms with Gasteiger partial charge in [0.05, 0.1) is 11.0 Å². The Balaban J connectivity index is 2.32. The summed E-state index contributed by atoms with van der Waals surface area (Å²) in [7, 11) is -0.408. The lowest BCUT2D eigenvalue weighted by Gasteiger charge is -2.31. The molecule has 0 spiro atoms. The van der Waals surface area contributed by atoms with Gasteiger partial charge in [-0.25, -0.2) is 19.4 Å². The summed E-state index contributed by atoms with van der Waals surface area (Å²) in [5.41, 5.74) is 1.42. The molecule has 2 atom stereocenters. The minimum absolute atomic E-state index is 0.0427. The van der Waals surface area contributed by atoms with Crippen molar-refractivity contribution >= 4 is 26.3 Å². The number of rotatable bonds is 8. The predicted octanol–water partition coefficient (Wildman–Crippen LogP) is 5.25. The molecule has 3 N–H and O–H groups in total. The fourth-order valence-corrected chi connectivity index (χ4v) is 3.93. The number of carbonyl (C=O) groups excluding carboxylic acids is 3. The molecule has 9 nitrogen and oxygen atoms in total. The first-order valence-corrected chi connectivity index (χ1v) is 13.4. The number of nitrogens with one attached hydrogen (secondary N) is 1. The van der Waals surface area contributed by atoms with Gasteiger partial charge in [0.25, 0.3) is 5.91 Å². The molecular weight excluding hydrogens is 521 g/mol. The van der Waals surface area contributed by atoms with E-state index in [1.165, 1.54) is 26.0 Å². The number of phenolic OH excluding ortho intramolecular Hbond substituents is 1. The van der Waals surface area contributed by atoms with E-state index in [9.17, 15) is 29.2 Å². The normalized spacial score (nSPS) is 14.8. The highest BCUT2D eigenvalue weighted by atomic mass is 31.1. The van der Waals surface area contributed by atoms with Crippen LogP contribution < -0.4 is 5.32 Å². The Labute approximate surface area is 231 Å². The quantitative estimate of drug-likeness (QED) is 0.226. The predicted molar refractivity (Wildman–Crippen MR) is 146 cm³/mol. The van der Waals surface area contributed by atoms with E-state index in [4.69, 9.17) is 9.78 Å². The van der Waals surface area contributed by atoms with Crippen molar-refractivity contribution in [1.82, 2.24) is 5.32 Å². The molecule has 39 heavy (non-hydrogen) atoms. The fourth-order valence-electron chi connectivity index (χ4n) is 3.70. The molecule has 2 unspecified atom stereocenters. The van der Waals surface area contributed by atoms with Gasteiger partial charge in [-0.3, -0.25) is 9.36 Å². The summed E-state index contributed by atoms with van der Waals surface area (Å²) in [5.74, 6) is -3.14. The zero-order valence-corrected chi connectivity index (χ0v) is 24.9. The smallest absolute Gasteiger partial charge is 0.380 e. The number of aromatic hydroxyl groups is 1. The van der Waals surface area contributed by atoms with Gasteiger partial charge in [0.2, 0.25) is 0 Å². The van der Waals surface area contributed by atoms with Crippen molar-refractivity contribution in [2.75, 3.05) is 0 Å². The van der Waals surface area contributed by atoms with E-state index in [1.54, 1.807) is 52.8 Å². The molecule has 0 aliphatic rings. The third-order valence-corrected chi connectivity index (χ3v) is 7.48. The summed E-state index contributed by atoms with van der Waals surface area (Å²) in [6.45, 7) is 14.9. The lowest BCUT2D eigenvalue weighted by molar-refractivity contribution is -0.270. The van der Waals surface area contributed by atoms with Crippen LogP contribution in [0.25, 0.3) is 0 Å². The number of phenols is 1. The van der Waals surface area contributed by atoms with Crippen LogP contribution in [0.4, 0.5) is 0 Å². The zero-order chi connectivity index (χ0) is 29.9. The van der Waals surface area contributed by atoms with E-state index in [-0.39, 0.29) is 11.3 Å². The van der Waals surface area contributed by atoms with Gasteiger partial charge in [-0.15, -0.1) is 0 Å². The molecule has 0 aromatic heterocycles. The molecule has 0 aliphatic carbocycles. The molecule has 2 aromatic rings. The van der Waals surface area contributed by atoms with Crippen LogP contribution in [-0.4, -0.2) is 33.6 Å². The molecule has 10 heteroatoms. The second kappa shape index (κ2) is 11.8. The number of amides is 1. The van der Waals surface area contributed by atoms with Crippen molar-refractivity contribution in [3.63, 3.8) is 0 Å². The number of hydrogen-bond donors (Lipinski definition) is 3. The van der Waals surface area contributed by atoms with Crippen LogP contribution >= 0.6 is 8.46 Å². The van der Waals surface area contributed by atoms with Crippen molar-refractivity contribution in [2.45, 2.75) is 79.6 Å². The van der Waals surface area contributed by atoms with Gasteiger partial charge in [0, 0.05) is 0 Å². The first-order valence-electron chi connectivity index (χ1n) is 12.6. The monoisotopic (exact) mass is 559 g/mol. The van der Waals surface area contributed by atoms with Crippen molar-refractivity contribution in [1.29, 1.82) is 0 Å². The van der Waals surface area contributed by atoms with E-state index in [2.05, 4.69) is 5.32 Å². The van der Waals surface area contributed by atoms with Crippen molar-refractivity contribution in [3.05, 3.63) is 63.7 Å². The van der Waals surface area contributed by atoms with Crippen LogP contribution in [-0.2, 0) is 35.7 Å². The van der Waals surface area contributed by atoms with Gasteiger partial charge in [-0.1, -0.05) is 32.0 Å². The van der Waals surface area contributed by atoms with E-state index in [1.807, 2.05) is 13.8 Å². The van der Waals surface area contributed by atoms with Crippen molar-refractivity contribution in [2.24, 2.45) is 11.3 Å². The molecule has 212 valence electrons. The number of aliphatic hydroxyl groups is 1. The Morgan fingerprint density at radius 3 is 1.97 bits per heavy atom. The second-order valence-electron chi connectivity index (χ2n) is 11.5. The minimum atomic E-state index is -1.57. The van der Waals surface area contributed by atoms with Crippen LogP contribution in [0.3, 0.4) is 0 Å². The molecule has 0 radical (unpaired) electrons. The Hall–Kier alpha value is -3.29. The molecule has 1 amide bonds. The third kappa shape index (κ3) is 7.43. The van der Waals surface area contributed by atoms with E-state index in [0.717, 1.165) is 22.3 Å². The van der Waals surface area contributed by atoms with Gasteiger partial charge in [-0.2, -0.15) is 0 Å². The van der Waals surface area contributed by atoms with Crippen LogP contribution in [0, 0.1) is 25.2 Å². The van der Waals surface area contributed by atoms with Gasteiger partial charge in [0.15, 0.2) is 13.8 Å². The lowest BCUT2D eigenvalue weighted by atomic mass is 9.88. The zero-order valence-electron chi connectivity index (χ0n) is 24.0. The maximum atomic E-state index is 13.3.